The fraction of sp³-hybridized carbons (Fsp3) is 0.667. The van der Waals surface area contributed by atoms with E-state index in [0.29, 0.717) is 0 Å². The molecule has 0 saturated carbocycles. The average Bonchev–Trinajstić information content (AvgIpc) is 2.41. The number of azo groups is 1. The molecule has 8 nitrogen and oxygen atoms in total. The lowest BCUT2D eigenvalue weighted by Crippen LogP contribution is -2.24. The van der Waals surface area contributed by atoms with Crippen LogP contribution in [0.2, 0.25) is 0 Å². The first-order valence-corrected chi connectivity index (χ1v) is 5.84. The molecule has 0 aromatic rings. The maximum absolute atomic E-state index is 10.5. The summed E-state index contributed by atoms with van der Waals surface area (Å²) < 4.78 is 0. The van der Waals surface area contributed by atoms with Gasteiger partial charge in [0.15, 0.2) is 5.54 Å². The van der Waals surface area contributed by atoms with Crippen molar-refractivity contribution in [2.24, 2.45) is 10.2 Å². The number of nitriles is 1. The molecule has 0 aromatic carbocycles. The number of aliphatic carboxylic acids is 2. The van der Waals surface area contributed by atoms with Gasteiger partial charge in [-0.15, -0.1) is 5.11 Å². The molecule has 0 fully saturated rings. The summed E-state index contributed by atoms with van der Waals surface area (Å²) in [5, 5.41) is 33.7. The van der Waals surface area contributed by atoms with Gasteiger partial charge >= 0.3 is 17.6 Å². The van der Waals surface area contributed by atoms with Gasteiger partial charge in [0, 0.05) is 13.3 Å². The molecule has 2 atom stereocenters. The van der Waals surface area contributed by atoms with Crippen molar-refractivity contribution in [3.05, 3.63) is 11.4 Å². The van der Waals surface area contributed by atoms with E-state index in [0.717, 1.165) is 0 Å². The maximum atomic E-state index is 10.5. The second kappa shape index (κ2) is 7.19. The Morgan fingerprint density at radius 2 is 1.70 bits per heavy atom. The first-order chi connectivity index (χ1) is 9.16. The number of nitrogens with zero attached hydrogens (tertiary/aromatic N) is 4. The van der Waals surface area contributed by atoms with E-state index in [4.69, 9.17) is 22.0 Å². The topological polar surface area (TPSA) is 127 Å². The highest BCUT2D eigenvalue weighted by Crippen LogP contribution is 2.24. The van der Waals surface area contributed by atoms with Crippen molar-refractivity contribution in [3.8, 4) is 6.07 Å². The van der Waals surface area contributed by atoms with E-state index in [1.165, 1.54) is 13.8 Å². The molecule has 0 aliphatic heterocycles. The first kappa shape index (κ1) is 17.5. The molecule has 2 unspecified atom stereocenters. The van der Waals surface area contributed by atoms with Gasteiger partial charge in [-0.05, 0) is 13.3 Å². The standard InChI is InChI=1S/C12H16N4O4/c1-11(8-13,6-4-9(17)18)15-16-12(2,14-3)7-5-10(19)20/h4-7H2,1-2H3,(H,17,18)(H,19,20). The largest absolute Gasteiger partial charge is 0.481 e. The highest BCUT2D eigenvalue weighted by molar-refractivity contribution is 5.67. The van der Waals surface area contributed by atoms with Crippen LogP contribution in [0, 0.1) is 17.9 Å². The van der Waals surface area contributed by atoms with Gasteiger partial charge in [-0.25, -0.2) is 6.57 Å². The molecule has 0 aromatic heterocycles. The van der Waals surface area contributed by atoms with Crippen molar-refractivity contribution in [2.45, 2.75) is 50.7 Å². The molecule has 0 radical (unpaired) electrons. The molecule has 2 N–H and O–H groups in total. The molecular weight excluding hydrogens is 264 g/mol. The van der Waals surface area contributed by atoms with Gasteiger partial charge in [0.05, 0.1) is 18.9 Å². The van der Waals surface area contributed by atoms with E-state index < -0.39 is 23.1 Å². The summed E-state index contributed by atoms with van der Waals surface area (Å²) in [5.41, 5.74) is -2.70. The Hall–Kier alpha value is -2.48. The van der Waals surface area contributed by atoms with Crippen molar-refractivity contribution in [3.63, 3.8) is 0 Å². The Kier molecular flexibility index (Phi) is 6.30. The number of rotatable bonds is 8. The van der Waals surface area contributed by atoms with E-state index in [2.05, 4.69) is 15.1 Å². The third kappa shape index (κ3) is 6.45. The predicted octanol–water partition coefficient (Wildman–Crippen LogP) is 2.09. The lowest BCUT2D eigenvalue weighted by Gasteiger charge is -2.16. The molecule has 20 heavy (non-hydrogen) atoms. The number of carboxylic acid groups (broad SMARTS) is 2. The van der Waals surface area contributed by atoms with Crippen LogP contribution in [0.1, 0.15) is 39.5 Å². The normalized spacial score (nSPS) is 16.6. The fourth-order valence-corrected chi connectivity index (χ4v) is 1.17. The van der Waals surface area contributed by atoms with Crippen LogP contribution in [-0.4, -0.2) is 33.4 Å². The first-order valence-electron chi connectivity index (χ1n) is 5.84. The van der Waals surface area contributed by atoms with Crippen molar-refractivity contribution < 1.29 is 19.8 Å². The summed E-state index contributed by atoms with van der Waals surface area (Å²) in [6, 6.07) is 1.85. The Morgan fingerprint density at radius 1 is 1.20 bits per heavy atom. The quantitative estimate of drug-likeness (QED) is 0.519. The Bertz CT molecular complexity index is 447. The van der Waals surface area contributed by atoms with Crippen molar-refractivity contribution >= 4 is 11.9 Å². The highest BCUT2D eigenvalue weighted by atomic mass is 16.4. The molecule has 0 aliphatic carbocycles. The van der Waals surface area contributed by atoms with Gasteiger partial charge in [-0.1, -0.05) is 0 Å². The van der Waals surface area contributed by atoms with Crippen LogP contribution >= 0.6 is 0 Å². The molecule has 0 amide bonds. The van der Waals surface area contributed by atoms with Gasteiger partial charge in [0.25, 0.3) is 0 Å². The lowest BCUT2D eigenvalue weighted by molar-refractivity contribution is -0.138. The summed E-state index contributed by atoms with van der Waals surface area (Å²) in [5.74, 6) is -2.11. The summed E-state index contributed by atoms with van der Waals surface area (Å²) in [4.78, 5) is 24.2. The zero-order chi connectivity index (χ0) is 15.8. The van der Waals surface area contributed by atoms with Crippen LogP contribution in [0.3, 0.4) is 0 Å². The van der Waals surface area contributed by atoms with Crippen LogP contribution in [0.15, 0.2) is 10.2 Å². The zero-order valence-electron chi connectivity index (χ0n) is 11.3. The summed E-state index contributed by atoms with van der Waals surface area (Å²) in [6.07, 6.45) is -0.547. The molecule has 0 rings (SSSR count). The Morgan fingerprint density at radius 3 is 2.10 bits per heavy atom. The van der Waals surface area contributed by atoms with Crippen LogP contribution in [-0.2, 0) is 9.59 Å². The minimum atomic E-state index is -1.36. The molecule has 0 heterocycles. The average molecular weight is 280 g/mol. The highest BCUT2D eigenvalue weighted by Gasteiger charge is 2.33. The summed E-state index contributed by atoms with van der Waals surface area (Å²) >= 11 is 0. The zero-order valence-corrected chi connectivity index (χ0v) is 11.3. The number of carboxylic acids is 2. The predicted molar refractivity (Wildman–Crippen MR) is 67.6 cm³/mol. The monoisotopic (exact) mass is 280 g/mol. The van der Waals surface area contributed by atoms with Gasteiger partial charge in [0.2, 0.25) is 0 Å². The Balaban J connectivity index is 4.92. The smallest absolute Gasteiger partial charge is 0.338 e. The van der Waals surface area contributed by atoms with E-state index >= 15 is 0 Å². The lowest BCUT2D eigenvalue weighted by atomic mass is 9.99. The number of hydrogen-bond acceptors (Lipinski definition) is 5. The Labute approximate surface area is 116 Å². The minimum absolute atomic E-state index is 0.0320. The number of carbonyl (C=O) groups is 2. The third-order valence-electron chi connectivity index (χ3n) is 2.61. The third-order valence-corrected chi connectivity index (χ3v) is 2.61. The van der Waals surface area contributed by atoms with Crippen LogP contribution in [0.25, 0.3) is 4.85 Å². The SMILES string of the molecule is [C-]#[N+]C(C)(CCC(=O)O)N=NC(C)(C#N)CCC(=O)O. The molecule has 0 aliphatic rings. The molecule has 0 bridgehead atoms. The number of hydrogen-bond donors (Lipinski definition) is 2. The van der Waals surface area contributed by atoms with E-state index in [-0.39, 0.29) is 25.7 Å². The van der Waals surface area contributed by atoms with E-state index in [1.807, 2.05) is 6.07 Å². The molecule has 8 heteroatoms. The second-order valence-electron chi connectivity index (χ2n) is 4.70. The second-order valence-corrected chi connectivity index (χ2v) is 4.70. The van der Waals surface area contributed by atoms with Gasteiger partial charge in [-0.2, -0.15) is 10.4 Å². The van der Waals surface area contributed by atoms with Gasteiger partial charge in [-0.3, -0.25) is 14.4 Å². The van der Waals surface area contributed by atoms with E-state index in [9.17, 15) is 9.59 Å². The molecule has 0 saturated heterocycles. The van der Waals surface area contributed by atoms with E-state index in [1.54, 1.807) is 0 Å². The van der Waals surface area contributed by atoms with Gasteiger partial charge in [0.1, 0.15) is 0 Å². The van der Waals surface area contributed by atoms with Gasteiger partial charge < -0.3 is 10.2 Å². The summed E-state index contributed by atoms with van der Waals surface area (Å²) in [7, 11) is 0. The maximum Gasteiger partial charge on any atom is 0.338 e. The molecule has 108 valence electrons. The minimum Gasteiger partial charge on any atom is -0.481 e. The van der Waals surface area contributed by atoms with Crippen LogP contribution < -0.4 is 0 Å². The van der Waals surface area contributed by atoms with Crippen molar-refractivity contribution in [1.82, 2.24) is 0 Å². The van der Waals surface area contributed by atoms with Crippen LogP contribution in [0.4, 0.5) is 0 Å². The van der Waals surface area contributed by atoms with Crippen molar-refractivity contribution in [1.29, 1.82) is 5.26 Å². The molecular formula is C12H16N4O4. The fourth-order valence-electron chi connectivity index (χ4n) is 1.17. The molecule has 0 spiro atoms. The van der Waals surface area contributed by atoms with Crippen LogP contribution in [0.5, 0.6) is 0 Å². The van der Waals surface area contributed by atoms with Crippen molar-refractivity contribution in [2.75, 3.05) is 0 Å². The summed E-state index contributed by atoms with van der Waals surface area (Å²) in [6.45, 7) is 9.87.